The Hall–Kier alpha value is -0.900. The lowest BCUT2D eigenvalue weighted by molar-refractivity contribution is -0.142. The minimum absolute atomic E-state index is 0.165. The van der Waals surface area contributed by atoms with E-state index in [0.717, 1.165) is 44.8 Å². The zero-order valence-electron chi connectivity index (χ0n) is 16.1. The van der Waals surface area contributed by atoms with Crippen molar-refractivity contribution in [2.75, 3.05) is 19.8 Å². The lowest BCUT2D eigenvalue weighted by Gasteiger charge is -2.30. The molecule has 0 spiro atoms. The number of ether oxygens (including phenoxy) is 2. The van der Waals surface area contributed by atoms with E-state index in [2.05, 4.69) is 0 Å². The minimum atomic E-state index is -0.165. The number of Topliss-reactive ketones (excluding diaryl/α,β-unsaturated/α-hetero) is 1. The van der Waals surface area contributed by atoms with Crippen LogP contribution in [0.5, 0.6) is 0 Å². The average Bonchev–Trinajstić information content (AvgIpc) is 2.60. The Morgan fingerprint density at radius 1 is 0.720 bits per heavy atom. The second kappa shape index (κ2) is 10.9. The van der Waals surface area contributed by atoms with Gasteiger partial charge in [-0.2, -0.15) is 0 Å². The molecule has 144 valence electrons. The van der Waals surface area contributed by atoms with Gasteiger partial charge in [-0.05, 0) is 75.5 Å². The van der Waals surface area contributed by atoms with Gasteiger partial charge in [0.1, 0.15) is 5.78 Å². The first-order chi connectivity index (χ1) is 12.0. The maximum atomic E-state index is 11.1. The molecule has 2 aliphatic carbocycles. The Balaban J connectivity index is 1.50. The summed E-state index contributed by atoms with van der Waals surface area (Å²) in [6.07, 6.45) is 11.6. The van der Waals surface area contributed by atoms with Crippen LogP contribution >= 0.6 is 0 Å². The molecule has 2 saturated carbocycles. The summed E-state index contributed by atoms with van der Waals surface area (Å²) in [4.78, 5) is 22.0. The number of ketones is 1. The molecule has 0 atom stereocenters. The highest BCUT2D eigenvalue weighted by molar-refractivity contribution is 5.75. The van der Waals surface area contributed by atoms with Gasteiger partial charge in [-0.15, -0.1) is 0 Å². The molecule has 0 aliphatic heterocycles. The number of rotatable bonds is 9. The average molecular weight is 353 g/mol. The number of carbonyl (C=O) groups is 2. The molecule has 4 heteroatoms. The molecule has 2 rings (SSSR count). The summed E-state index contributed by atoms with van der Waals surface area (Å²) in [6, 6.07) is 0. The molecule has 0 saturated heterocycles. The number of carbonyl (C=O) groups excluding carboxylic acids is 2. The SMILES string of the molecule is CC(=O)CCC1CCC(COCC2CCC(COC(C)=O)CC2)CC1. The van der Waals surface area contributed by atoms with E-state index in [1.807, 2.05) is 0 Å². The lowest BCUT2D eigenvalue weighted by atomic mass is 9.80. The number of hydrogen-bond acceptors (Lipinski definition) is 4. The monoisotopic (exact) mass is 352 g/mol. The molecule has 0 aromatic carbocycles. The van der Waals surface area contributed by atoms with E-state index in [4.69, 9.17) is 9.47 Å². The van der Waals surface area contributed by atoms with Crippen molar-refractivity contribution >= 4 is 11.8 Å². The van der Waals surface area contributed by atoms with E-state index < -0.39 is 0 Å². The first-order valence-electron chi connectivity index (χ1n) is 10.2. The summed E-state index contributed by atoms with van der Waals surface area (Å²) >= 11 is 0. The fourth-order valence-corrected chi connectivity index (χ4v) is 4.30. The maximum Gasteiger partial charge on any atom is 0.302 e. The van der Waals surface area contributed by atoms with Gasteiger partial charge in [0.25, 0.3) is 0 Å². The molecule has 0 heterocycles. The first-order valence-corrected chi connectivity index (χ1v) is 10.2. The largest absolute Gasteiger partial charge is 0.466 e. The predicted molar refractivity (Wildman–Crippen MR) is 98.3 cm³/mol. The van der Waals surface area contributed by atoms with Gasteiger partial charge >= 0.3 is 5.97 Å². The van der Waals surface area contributed by atoms with E-state index in [0.29, 0.717) is 30.1 Å². The molecule has 0 radical (unpaired) electrons. The van der Waals surface area contributed by atoms with Crippen molar-refractivity contribution in [3.05, 3.63) is 0 Å². The highest BCUT2D eigenvalue weighted by Gasteiger charge is 2.24. The van der Waals surface area contributed by atoms with Crippen LogP contribution in [-0.2, 0) is 19.1 Å². The van der Waals surface area contributed by atoms with Crippen molar-refractivity contribution in [2.24, 2.45) is 23.7 Å². The normalized spacial score (nSPS) is 30.0. The highest BCUT2D eigenvalue weighted by Crippen LogP contribution is 2.33. The standard InChI is InChI=1S/C21H36O4/c1-16(22)3-4-18-5-7-19(8-6-18)13-24-14-20-9-11-21(12-10-20)15-25-17(2)23/h18-21H,3-15H2,1-2H3. The van der Waals surface area contributed by atoms with Crippen LogP contribution in [0.4, 0.5) is 0 Å². The zero-order chi connectivity index (χ0) is 18.1. The summed E-state index contributed by atoms with van der Waals surface area (Å²) in [5.74, 6) is 2.86. The van der Waals surface area contributed by atoms with Crippen molar-refractivity contribution in [3.8, 4) is 0 Å². The first kappa shape index (κ1) is 20.4. The molecule has 0 aromatic heterocycles. The second-order valence-corrected chi connectivity index (χ2v) is 8.35. The van der Waals surface area contributed by atoms with Crippen molar-refractivity contribution in [1.29, 1.82) is 0 Å². The summed E-state index contributed by atoms with van der Waals surface area (Å²) in [5, 5.41) is 0. The van der Waals surface area contributed by atoms with Crippen LogP contribution in [0.3, 0.4) is 0 Å². The van der Waals surface area contributed by atoms with E-state index in [9.17, 15) is 9.59 Å². The molecule has 0 unspecified atom stereocenters. The Kier molecular flexibility index (Phi) is 8.94. The Morgan fingerprint density at radius 3 is 1.60 bits per heavy atom. The molecule has 0 amide bonds. The third-order valence-electron chi connectivity index (χ3n) is 6.07. The molecular formula is C21H36O4. The van der Waals surface area contributed by atoms with E-state index >= 15 is 0 Å². The second-order valence-electron chi connectivity index (χ2n) is 8.35. The van der Waals surface area contributed by atoms with E-state index in [1.165, 1.54) is 45.4 Å². The maximum absolute atomic E-state index is 11.1. The van der Waals surface area contributed by atoms with Gasteiger partial charge in [-0.3, -0.25) is 4.79 Å². The van der Waals surface area contributed by atoms with Gasteiger partial charge in [-0.25, -0.2) is 0 Å². The van der Waals surface area contributed by atoms with Crippen LogP contribution in [0, 0.1) is 23.7 Å². The predicted octanol–water partition coefficient (Wildman–Crippen LogP) is 4.55. The van der Waals surface area contributed by atoms with Crippen molar-refractivity contribution in [2.45, 2.75) is 78.1 Å². The van der Waals surface area contributed by atoms with Crippen LogP contribution in [0.15, 0.2) is 0 Å². The number of esters is 1. The third kappa shape index (κ3) is 8.35. The highest BCUT2D eigenvalue weighted by atomic mass is 16.5. The smallest absolute Gasteiger partial charge is 0.302 e. The molecule has 0 aromatic rings. The molecule has 0 N–H and O–H groups in total. The van der Waals surface area contributed by atoms with Crippen LogP contribution in [0.1, 0.15) is 78.1 Å². The fourth-order valence-electron chi connectivity index (χ4n) is 4.30. The van der Waals surface area contributed by atoms with Crippen LogP contribution in [0.25, 0.3) is 0 Å². The third-order valence-corrected chi connectivity index (χ3v) is 6.07. The fraction of sp³-hybridized carbons (Fsp3) is 0.905. The van der Waals surface area contributed by atoms with Gasteiger partial charge in [0.2, 0.25) is 0 Å². The van der Waals surface area contributed by atoms with E-state index in [1.54, 1.807) is 6.92 Å². The van der Waals surface area contributed by atoms with E-state index in [-0.39, 0.29) is 5.97 Å². The summed E-state index contributed by atoms with van der Waals surface area (Å²) < 4.78 is 11.2. The molecule has 4 nitrogen and oxygen atoms in total. The quantitative estimate of drug-likeness (QED) is 0.571. The Bertz CT molecular complexity index is 366. The van der Waals surface area contributed by atoms with Crippen molar-refractivity contribution in [1.82, 2.24) is 0 Å². The van der Waals surface area contributed by atoms with Crippen molar-refractivity contribution < 1.29 is 19.1 Å². The summed E-state index contributed by atoms with van der Waals surface area (Å²) in [6.45, 7) is 5.58. The Morgan fingerprint density at radius 2 is 1.16 bits per heavy atom. The summed E-state index contributed by atoms with van der Waals surface area (Å²) in [7, 11) is 0. The van der Waals surface area contributed by atoms with Crippen LogP contribution in [-0.4, -0.2) is 31.6 Å². The van der Waals surface area contributed by atoms with Gasteiger partial charge in [0.05, 0.1) is 6.61 Å². The molecular weight excluding hydrogens is 316 g/mol. The zero-order valence-corrected chi connectivity index (χ0v) is 16.1. The van der Waals surface area contributed by atoms with Gasteiger partial charge in [0, 0.05) is 26.6 Å². The van der Waals surface area contributed by atoms with Gasteiger partial charge in [0.15, 0.2) is 0 Å². The molecule has 2 aliphatic rings. The Labute approximate surface area is 153 Å². The number of hydrogen-bond donors (Lipinski definition) is 0. The lowest BCUT2D eigenvalue weighted by Crippen LogP contribution is -2.24. The van der Waals surface area contributed by atoms with Crippen molar-refractivity contribution in [3.63, 3.8) is 0 Å². The van der Waals surface area contributed by atoms with Crippen LogP contribution < -0.4 is 0 Å². The van der Waals surface area contributed by atoms with Gasteiger partial charge < -0.3 is 14.3 Å². The van der Waals surface area contributed by atoms with Gasteiger partial charge in [-0.1, -0.05) is 12.8 Å². The topological polar surface area (TPSA) is 52.6 Å². The van der Waals surface area contributed by atoms with Crippen LogP contribution in [0.2, 0.25) is 0 Å². The molecule has 0 bridgehead atoms. The summed E-state index contributed by atoms with van der Waals surface area (Å²) in [5.41, 5.74) is 0. The molecule has 25 heavy (non-hydrogen) atoms. The molecule has 2 fully saturated rings. The minimum Gasteiger partial charge on any atom is -0.466 e.